The number of benzene rings is 2. The molecule has 2 aromatic rings. The molecule has 0 spiro atoms. The Morgan fingerprint density at radius 1 is 1.16 bits per heavy atom. The van der Waals surface area contributed by atoms with Gasteiger partial charge in [-0.05, 0) is 42.7 Å². The van der Waals surface area contributed by atoms with Gasteiger partial charge in [-0.1, -0.05) is 30.2 Å². The number of nitrogens with zero attached hydrogens (tertiary/aromatic N) is 2. The van der Waals surface area contributed by atoms with Crippen LogP contribution in [0.1, 0.15) is 52.0 Å². The van der Waals surface area contributed by atoms with E-state index in [1.54, 1.807) is 24.3 Å². The summed E-state index contributed by atoms with van der Waals surface area (Å²) in [6, 6.07) is 9.43. The second kappa shape index (κ2) is 8.91. The second-order valence-electron chi connectivity index (χ2n) is 7.62. The average Bonchev–Trinajstić information content (AvgIpc) is 3.01. The maximum atomic E-state index is 12.8. The molecule has 2 aliphatic rings. The van der Waals surface area contributed by atoms with Gasteiger partial charge < -0.3 is 15.0 Å². The number of amides is 1. The van der Waals surface area contributed by atoms with Crippen LogP contribution in [-0.4, -0.2) is 39.8 Å². The first-order valence-electron chi connectivity index (χ1n) is 10.2. The van der Waals surface area contributed by atoms with Crippen LogP contribution < -0.4 is 10.2 Å². The second-order valence-corrected chi connectivity index (χ2v) is 9.60. The lowest BCUT2D eigenvalue weighted by Gasteiger charge is -2.30. The molecule has 2 aliphatic heterocycles. The molecule has 0 aromatic heterocycles. The third kappa shape index (κ3) is 4.35. The highest BCUT2D eigenvalue weighted by atomic mass is 35.5. The van der Waals surface area contributed by atoms with Gasteiger partial charge in [0.25, 0.3) is 15.9 Å². The van der Waals surface area contributed by atoms with E-state index in [2.05, 4.69) is 14.5 Å². The molecule has 4 rings (SSSR count). The summed E-state index contributed by atoms with van der Waals surface area (Å²) in [6.45, 7) is 0.833. The van der Waals surface area contributed by atoms with Gasteiger partial charge in [0.05, 0.1) is 28.9 Å². The van der Waals surface area contributed by atoms with Crippen molar-refractivity contribution in [1.82, 2.24) is 5.32 Å². The molecule has 10 heteroatoms. The number of carbonyl (C=O) groups is 2. The van der Waals surface area contributed by atoms with Crippen LogP contribution in [0, 0.1) is 0 Å². The summed E-state index contributed by atoms with van der Waals surface area (Å²) in [5.74, 6) is -0.424. The molecule has 1 N–H and O–H groups in total. The lowest BCUT2D eigenvalue weighted by atomic mass is 10.1. The zero-order valence-corrected chi connectivity index (χ0v) is 19.0. The average molecular weight is 476 g/mol. The Labute approximate surface area is 191 Å². The Morgan fingerprint density at radius 3 is 2.62 bits per heavy atom. The number of amidine groups is 1. The van der Waals surface area contributed by atoms with Gasteiger partial charge in [-0.15, -0.1) is 4.40 Å². The molecule has 0 saturated carbocycles. The minimum atomic E-state index is -3.92. The number of anilines is 1. The topological polar surface area (TPSA) is 105 Å². The number of sulfonamides is 1. The van der Waals surface area contributed by atoms with Gasteiger partial charge in [-0.25, -0.2) is 4.79 Å². The predicted octanol–water partition coefficient (Wildman–Crippen LogP) is 3.54. The number of nitrogens with one attached hydrogen (secondary N) is 1. The van der Waals surface area contributed by atoms with Crippen molar-refractivity contribution in [2.45, 2.75) is 37.1 Å². The number of hydrogen-bond donors (Lipinski definition) is 1. The molecule has 8 nitrogen and oxygen atoms in total. The minimum Gasteiger partial charge on any atom is -0.465 e. The Bertz CT molecular complexity index is 1210. The first-order chi connectivity index (χ1) is 15.3. The fourth-order valence-electron chi connectivity index (χ4n) is 3.82. The van der Waals surface area contributed by atoms with Gasteiger partial charge in [-0.3, -0.25) is 4.79 Å². The molecule has 0 radical (unpaired) electrons. The molecule has 0 atom stereocenters. The Hall–Kier alpha value is -2.91. The molecule has 2 aromatic carbocycles. The summed E-state index contributed by atoms with van der Waals surface area (Å²) in [5.41, 5.74) is 1.69. The summed E-state index contributed by atoms with van der Waals surface area (Å²) in [5, 5.41) is 2.90. The van der Waals surface area contributed by atoms with Crippen LogP contribution in [0.15, 0.2) is 45.7 Å². The van der Waals surface area contributed by atoms with Crippen LogP contribution >= 0.6 is 11.6 Å². The zero-order valence-electron chi connectivity index (χ0n) is 17.4. The summed E-state index contributed by atoms with van der Waals surface area (Å²) < 4.78 is 34.2. The number of rotatable bonds is 4. The Balaban J connectivity index is 1.57. The molecule has 2 heterocycles. The van der Waals surface area contributed by atoms with Crippen LogP contribution in [0.25, 0.3) is 0 Å². The van der Waals surface area contributed by atoms with Crippen molar-refractivity contribution in [3.63, 3.8) is 0 Å². The zero-order chi connectivity index (χ0) is 22.9. The van der Waals surface area contributed by atoms with E-state index in [0.29, 0.717) is 30.1 Å². The Morgan fingerprint density at radius 2 is 1.91 bits per heavy atom. The Kier molecular flexibility index (Phi) is 6.21. The third-order valence-corrected chi connectivity index (χ3v) is 7.16. The molecule has 1 fully saturated rings. The highest BCUT2D eigenvalue weighted by Gasteiger charge is 2.33. The minimum absolute atomic E-state index is 0.0138. The molecular weight excluding hydrogens is 454 g/mol. The first kappa shape index (κ1) is 22.3. The van der Waals surface area contributed by atoms with Gasteiger partial charge in [0.15, 0.2) is 0 Å². The normalized spacial score (nSPS) is 16.8. The molecule has 0 aliphatic carbocycles. The fourth-order valence-corrected chi connectivity index (χ4v) is 5.33. The number of ether oxygens (including phenoxy) is 1. The SMILES string of the molecule is COC(=O)c1ccc(CNC(=O)c2cc3c(cc2Cl)N2CCCCCC2=NS3(=O)=O)cc1. The van der Waals surface area contributed by atoms with E-state index in [9.17, 15) is 18.0 Å². The molecule has 1 amide bonds. The lowest BCUT2D eigenvalue weighted by Crippen LogP contribution is -2.35. The highest BCUT2D eigenvalue weighted by molar-refractivity contribution is 7.90. The van der Waals surface area contributed by atoms with Crippen molar-refractivity contribution >= 4 is 45.0 Å². The first-order valence-corrected chi connectivity index (χ1v) is 12.0. The number of halogens is 1. The van der Waals surface area contributed by atoms with Crippen LogP contribution in [0.3, 0.4) is 0 Å². The molecular formula is C22H22ClN3O5S. The third-order valence-electron chi connectivity index (χ3n) is 5.51. The number of hydrogen-bond acceptors (Lipinski definition) is 6. The molecule has 32 heavy (non-hydrogen) atoms. The fraction of sp³-hybridized carbons (Fsp3) is 0.318. The van der Waals surface area contributed by atoms with Crippen LogP contribution in [0.2, 0.25) is 5.02 Å². The highest BCUT2D eigenvalue weighted by Crippen LogP contribution is 2.37. The van der Waals surface area contributed by atoms with Crippen molar-refractivity contribution in [3.05, 3.63) is 58.1 Å². The predicted molar refractivity (Wildman–Crippen MR) is 121 cm³/mol. The van der Waals surface area contributed by atoms with E-state index in [1.165, 1.54) is 19.2 Å². The summed E-state index contributed by atoms with van der Waals surface area (Å²) >= 11 is 6.40. The molecule has 0 bridgehead atoms. The summed E-state index contributed by atoms with van der Waals surface area (Å²) in [7, 11) is -2.62. The van der Waals surface area contributed by atoms with Crippen molar-refractivity contribution < 1.29 is 22.7 Å². The van der Waals surface area contributed by atoms with Gasteiger partial charge >= 0.3 is 5.97 Å². The van der Waals surface area contributed by atoms with Gasteiger partial charge in [-0.2, -0.15) is 8.42 Å². The quantitative estimate of drug-likeness (QED) is 0.678. The number of esters is 1. The maximum Gasteiger partial charge on any atom is 0.337 e. The largest absolute Gasteiger partial charge is 0.465 e. The van der Waals surface area contributed by atoms with E-state index < -0.39 is 21.9 Å². The molecule has 168 valence electrons. The lowest BCUT2D eigenvalue weighted by molar-refractivity contribution is 0.0600. The van der Waals surface area contributed by atoms with E-state index in [1.807, 2.05) is 4.90 Å². The van der Waals surface area contributed by atoms with Crippen molar-refractivity contribution in [2.75, 3.05) is 18.6 Å². The van der Waals surface area contributed by atoms with Crippen LogP contribution in [-0.2, 0) is 21.3 Å². The summed E-state index contributed by atoms with van der Waals surface area (Å²) in [4.78, 5) is 26.2. The number of carbonyl (C=O) groups excluding carboxylic acids is 2. The number of fused-ring (bicyclic) bond motifs is 3. The van der Waals surface area contributed by atoms with Crippen molar-refractivity contribution in [1.29, 1.82) is 0 Å². The van der Waals surface area contributed by atoms with Gasteiger partial charge in [0, 0.05) is 19.5 Å². The number of methoxy groups -OCH3 is 1. The van der Waals surface area contributed by atoms with Gasteiger partial charge in [0.2, 0.25) is 0 Å². The van der Waals surface area contributed by atoms with E-state index >= 15 is 0 Å². The molecule has 1 saturated heterocycles. The van der Waals surface area contributed by atoms with Gasteiger partial charge in [0.1, 0.15) is 10.7 Å². The van der Waals surface area contributed by atoms with E-state index in [4.69, 9.17) is 11.6 Å². The van der Waals surface area contributed by atoms with Crippen molar-refractivity contribution in [2.24, 2.45) is 4.40 Å². The maximum absolute atomic E-state index is 12.8. The monoisotopic (exact) mass is 475 g/mol. The van der Waals surface area contributed by atoms with Crippen LogP contribution in [0.4, 0.5) is 5.69 Å². The summed E-state index contributed by atoms with van der Waals surface area (Å²) in [6.07, 6.45) is 3.40. The van der Waals surface area contributed by atoms with Crippen LogP contribution in [0.5, 0.6) is 0 Å². The van der Waals surface area contributed by atoms with Crippen molar-refractivity contribution in [3.8, 4) is 0 Å². The smallest absolute Gasteiger partial charge is 0.337 e. The van der Waals surface area contributed by atoms with E-state index in [-0.39, 0.29) is 22.0 Å². The van der Waals surface area contributed by atoms with E-state index in [0.717, 1.165) is 24.8 Å². The molecule has 0 unspecified atom stereocenters. The standard InChI is InChI=1S/C22H22ClN3O5S/c1-31-22(28)15-8-6-14(7-9-15)13-24-21(27)16-11-19-18(12-17(16)23)26-10-4-2-3-5-20(26)25-32(19,29)30/h6-9,11-12H,2-5,10,13H2,1H3,(H,24,27).